The summed E-state index contributed by atoms with van der Waals surface area (Å²) in [6.07, 6.45) is 3.56. The highest BCUT2D eigenvalue weighted by atomic mass is 79.9. The predicted molar refractivity (Wildman–Crippen MR) is 51.2 cm³/mol. The van der Waals surface area contributed by atoms with E-state index >= 15 is 0 Å². The van der Waals surface area contributed by atoms with Crippen LogP contribution in [0.5, 0.6) is 0 Å². The van der Waals surface area contributed by atoms with E-state index in [2.05, 4.69) is 26.1 Å². The summed E-state index contributed by atoms with van der Waals surface area (Å²) in [4.78, 5) is 4.59. The maximum atomic E-state index is 4.82. The third-order valence-corrected chi connectivity index (χ3v) is 3.60. The van der Waals surface area contributed by atoms with Crippen LogP contribution in [0.4, 0.5) is 0 Å². The van der Waals surface area contributed by atoms with Crippen LogP contribution < -0.4 is 0 Å². The molecule has 0 N–H and O–H groups in total. The maximum Gasteiger partial charge on any atom is 0.293 e. The van der Waals surface area contributed by atoms with Gasteiger partial charge in [-0.05, 0) is 18.6 Å². The highest BCUT2D eigenvalue weighted by Crippen LogP contribution is 2.28. The van der Waals surface area contributed by atoms with E-state index in [0.717, 1.165) is 12.2 Å². The predicted octanol–water partition coefficient (Wildman–Crippen LogP) is 2.27. The molecule has 1 atom stereocenters. The number of rotatable bonds is 2. The van der Waals surface area contributed by atoms with Crippen molar-refractivity contribution in [2.45, 2.75) is 24.5 Å². The molecule has 5 heteroatoms. The summed E-state index contributed by atoms with van der Waals surface area (Å²) >= 11 is 5.14. The molecular formula is C7H9BrN2OS. The molecule has 0 aromatic carbocycles. The van der Waals surface area contributed by atoms with Gasteiger partial charge in [-0.1, -0.05) is 5.16 Å². The molecule has 2 rings (SSSR count). The quantitative estimate of drug-likeness (QED) is 0.805. The first kappa shape index (κ1) is 8.56. The van der Waals surface area contributed by atoms with Crippen LogP contribution >= 0.6 is 27.7 Å². The average molecular weight is 249 g/mol. The Balaban J connectivity index is 1.94. The van der Waals surface area contributed by atoms with E-state index < -0.39 is 0 Å². The van der Waals surface area contributed by atoms with Gasteiger partial charge in [0.15, 0.2) is 5.82 Å². The largest absolute Gasteiger partial charge is 0.327 e. The minimum Gasteiger partial charge on any atom is -0.327 e. The van der Waals surface area contributed by atoms with E-state index in [9.17, 15) is 0 Å². The van der Waals surface area contributed by atoms with E-state index in [1.807, 2.05) is 11.8 Å². The number of halogens is 1. The molecule has 0 saturated carbocycles. The molecule has 12 heavy (non-hydrogen) atoms. The number of hydrogen-bond donors (Lipinski definition) is 0. The number of hydrogen-bond acceptors (Lipinski definition) is 4. The van der Waals surface area contributed by atoms with E-state index in [1.165, 1.54) is 18.6 Å². The van der Waals surface area contributed by atoms with Crippen molar-refractivity contribution in [3.63, 3.8) is 0 Å². The fourth-order valence-corrected chi connectivity index (χ4v) is 2.87. The first-order valence-electron chi connectivity index (χ1n) is 3.94. The third kappa shape index (κ3) is 2.01. The van der Waals surface area contributed by atoms with Gasteiger partial charge in [0, 0.05) is 27.6 Å². The zero-order valence-corrected chi connectivity index (χ0v) is 8.90. The first-order valence-corrected chi connectivity index (χ1v) is 5.78. The van der Waals surface area contributed by atoms with Crippen LogP contribution in [0.3, 0.4) is 0 Å². The van der Waals surface area contributed by atoms with E-state index in [-0.39, 0.29) is 0 Å². The van der Waals surface area contributed by atoms with Crippen molar-refractivity contribution in [2.24, 2.45) is 0 Å². The van der Waals surface area contributed by atoms with Gasteiger partial charge in [-0.25, -0.2) is 0 Å². The van der Waals surface area contributed by atoms with Gasteiger partial charge in [-0.2, -0.15) is 16.7 Å². The molecule has 66 valence electrons. The minimum absolute atomic E-state index is 0.487. The highest BCUT2D eigenvalue weighted by molar-refractivity contribution is 9.10. The van der Waals surface area contributed by atoms with Crippen LogP contribution in [0, 0.1) is 0 Å². The maximum absolute atomic E-state index is 4.82. The minimum atomic E-state index is 0.487. The molecule has 1 aliphatic heterocycles. The third-order valence-electron chi connectivity index (χ3n) is 1.88. The lowest BCUT2D eigenvalue weighted by Crippen LogP contribution is -2.03. The van der Waals surface area contributed by atoms with E-state index in [1.54, 1.807) is 0 Å². The molecule has 1 fully saturated rings. The summed E-state index contributed by atoms with van der Waals surface area (Å²) in [5.74, 6) is 2.10. The van der Waals surface area contributed by atoms with Gasteiger partial charge in [-0.3, -0.25) is 0 Å². The molecule has 1 aliphatic rings. The summed E-state index contributed by atoms with van der Waals surface area (Å²) in [7, 11) is 0. The Hall–Kier alpha value is -0.0300. The second-order valence-electron chi connectivity index (χ2n) is 2.80. The molecule has 0 amide bonds. The number of aromatic nitrogens is 2. The van der Waals surface area contributed by atoms with Crippen molar-refractivity contribution in [3.05, 3.63) is 10.6 Å². The molecular weight excluding hydrogens is 240 g/mol. The second kappa shape index (κ2) is 3.79. The van der Waals surface area contributed by atoms with Crippen LogP contribution in [-0.4, -0.2) is 21.1 Å². The van der Waals surface area contributed by atoms with Crippen LogP contribution in [0.25, 0.3) is 0 Å². The van der Waals surface area contributed by atoms with Crippen molar-refractivity contribution in [2.75, 3.05) is 5.75 Å². The second-order valence-corrected chi connectivity index (χ2v) is 4.89. The summed E-state index contributed by atoms with van der Waals surface area (Å²) in [5.41, 5.74) is 0. The Bertz CT molecular complexity index is 260. The standard InChI is InChI=1S/C7H9BrN2OS/c8-7-9-6(10-11-7)4-5-2-1-3-12-5/h5H,1-4H2. The van der Waals surface area contributed by atoms with E-state index in [0.29, 0.717) is 10.0 Å². The normalized spacial score (nSPS) is 23.2. The Morgan fingerprint density at radius 3 is 3.17 bits per heavy atom. The lowest BCUT2D eigenvalue weighted by molar-refractivity contribution is 0.389. The zero-order chi connectivity index (χ0) is 8.39. The van der Waals surface area contributed by atoms with Crippen molar-refractivity contribution in [1.29, 1.82) is 0 Å². The van der Waals surface area contributed by atoms with E-state index in [4.69, 9.17) is 4.52 Å². The highest BCUT2D eigenvalue weighted by Gasteiger charge is 2.18. The zero-order valence-electron chi connectivity index (χ0n) is 6.49. The van der Waals surface area contributed by atoms with Crippen molar-refractivity contribution >= 4 is 27.7 Å². The first-order chi connectivity index (χ1) is 5.84. The lowest BCUT2D eigenvalue weighted by Gasteiger charge is -2.02. The SMILES string of the molecule is Brc1nc(CC2CCCS2)no1. The molecule has 0 bridgehead atoms. The Morgan fingerprint density at radius 2 is 2.58 bits per heavy atom. The van der Waals surface area contributed by atoms with Gasteiger partial charge in [0.1, 0.15) is 0 Å². The molecule has 1 saturated heterocycles. The lowest BCUT2D eigenvalue weighted by atomic mass is 10.2. The molecule has 1 aromatic heterocycles. The molecule has 1 unspecified atom stereocenters. The molecule has 0 radical (unpaired) electrons. The molecule has 1 aromatic rings. The van der Waals surface area contributed by atoms with Crippen LogP contribution in [-0.2, 0) is 6.42 Å². The van der Waals surface area contributed by atoms with Crippen molar-refractivity contribution < 1.29 is 4.52 Å². The topological polar surface area (TPSA) is 38.9 Å². The fourth-order valence-electron chi connectivity index (χ4n) is 1.32. The Morgan fingerprint density at radius 1 is 1.67 bits per heavy atom. The van der Waals surface area contributed by atoms with Gasteiger partial charge in [0.2, 0.25) is 0 Å². The summed E-state index contributed by atoms with van der Waals surface area (Å²) in [6, 6.07) is 0. The molecule has 3 nitrogen and oxygen atoms in total. The van der Waals surface area contributed by atoms with Gasteiger partial charge >= 0.3 is 0 Å². The van der Waals surface area contributed by atoms with Crippen LogP contribution in [0.2, 0.25) is 0 Å². The van der Waals surface area contributed by atoms with Crippen molar-refractivity contribution in [1.82, 2.24) is 10.1 Å². The Kier molecular flexibility index (Phi) is 2.70. The number of nitrogens with zero attached hydrogens (tertiary/aromatic N) is 2. The van der Waals surface area contributed by atoms with Crippen molar-refractivity contribution in [3.8, 4) is 0 Å². The number of thioether (sulfide) groups is 1. The summed E-state index contributed by atoms with van der Waals surface area (Å²) in [6.45, 7) is 0. The Labute approximate surface area is 83.4 Å². The fraction of sp³-hybridized carbons (Fsp3) is 0.714. The summed E-state index contributed by atoms with van der Waals surface area (Å²) in [5, 5.41) is 4.54. The average Bonchev–Trinajstić information content (AvgIpc) is 2.63. The van der Waals surface area contributed by atoms with Gasteiger partial charge in [0.05, 0.1) is 0 Å². The molecule has 2 heterocycles. The molecule has 0 aliphatic carbocycles. The smallest absolute Gasteiger partial charge is 0.293 e. The summed E-state index contributed by atoms with van der Waals surface area (Å²) < 4.78 is 4.82. The van der Waals surface area contributed by atoms with Crippen LogP contribution in [0.15, 0.2) is 9.32 Å². The van der Waals surface area contributed by atoms with Crippen LogP contribution in [0.1, 0.15) is 18.7 Å². The molecule has 0 spiro atoms. The van der Waals surface area contributed by atoms with Gasteiger partial charge in [-0.15, -0.1) is 0 Å². The van der Waals surface area contributed by atoms with Gasteiger partial charge < -0.3 is 4.52 Å². The monoisotopic (exact) mass is 248 g/mol. The van der Waals surface area contributed by atoms with Gasteiger partial charge in [0.25, 0.3) is 4.80 Å².